The van der Waals surface area contributed by atoms with Gasteiger partial charge in [-0.3, -0.25) is 5.10 Å². The molecule has 0 aliphatic heterocycles. The molecule has 0 bridgehead atoms. The molecule has 100 valence electrons. The van der Waals surface area contributed by atoms with Gasteiger partial charge in [-0.2, -0.15) is 5.10 Å². The molecule has 0 saturated carbocycles. The first-order valence-electron chi connectivity index (χ1n) is 5.97. The molecule has 3 N–H and O–H groups in total. The average Bonchev–Trinajstić information content (AvgIpc) is 2.92. The van der Waals surface area contributed by atoms with Crippen molar-refractivity contribution in [2.45, 2.75) is 0 Å². The van der Waals surface area contributed by atoms with Crippen LogP contribution >= 0.6 is 0 Å². The fourth-order valence-corrected chi connectivity index (χ4v) is 1.96. The van der Waals surface area contributed by atoms with Gasteiger partial charge in [0.2, 0.25) is 0 Å². The van der Waals surface area contributed by atoms with Crippen LogP contribution in [0.15, 0.2) is 48.5 Å². The Labute approximate surface area is 114 Å². The predicted molar refractivity (Wildman–Crippen MR) is 72.7 cm³/mol. The van der Waals surface area contributed by atoms with E-state index in [0.29, 0.717) is 22.5 Å². The standard InChI is InChI=1S/C15H11FN2O2/c16-11-3-1-2-9(6-11)12-8-13(18-17-12)10-4-5-14(19)15(20)7-10/h1-8,19-20H,(H,17,18). The lowest BCUT2D eigenvalue weighted by atomic mass is 10.1. The van der Waals surface area contributed by atoms with Crippen LogP contribution in [0.5, 0.6) is 11.5 Å². The highest BCUT2D eigenvalue weighted by Crippen LogP contribution is 2.31. The number of H-pyrrole nitrogens is 1. The van der Waals surface area contributed by atoms with Crippen molar-refractivity contribution in [1.29, 1.82) is 0 Å². The summed E-state index contributed by atoms with van der Waals surface area (Å²) in [4.78, 5) is 0. The van der Waals surface area contributed by atoms with Crippen molar-refractivity contribution in [3.05, 3.63) is 54.3 Å². The first-order valence-corrected chi connectivity index (χ1v) is 5.97. The molecule has 0 spiro atoms. The number of rotatable bonds is 2. The summed E-state index contributed by atoms with van der Waals surface area (Å²) in [6, 6.07) is 12.4. The van der Waals surface area contributed by atoms with E-state index in [0.717, 1.165) is 0 Å². The summed E-state index contributed by atoms with van der Waals surface area (Å²) in [5, 5.41) is 25.7. The highest BCUT2D eigenvalue weighted by Gasteiger charge is 2.08. The van der Waals surface area contributed by atoms with Gasteiger partial charge in [0.15, 0.2) is 11.5 Å². The molecular weight excluding hydrogens is 259 g/mol. The Morgan fingerprint density at radius 3 is 2.50 bits per heavy atom. The van der Waals surface area contributed by atoms with Gasteiger partial charge >= 0.3 is 0 Å². The van der Waals surface area contributed by atoms with E-state index >= 15 is 0 Å². The molecule has 20 heavy (non-hydrogen) atoms. The van der Waals surface area contributed by atoms with Crippen LogP contribution < -0.4 is 0 Å². The van der Waals surface area contributed by atoms with Crippen LogP contribution in [-0.2, 0) is 0 Å². The molecule has 0 atom stereocenters. The van der Waals surface area contributed by atoms with Crippen molar-refractivity contribution >= 4 is 0 Å². The summed E-state index contributed by atoms with van der Waals surface area (Å²) >= 11 is 0. The Bertz CT molecular complexity index is 768. The van der Waals surface area contributed by atoms with Gasteiger partial charge in [-0.1, -0.05) is 12.1 Å². The highest BCUT2D eigenvalue weighted by atomic mass is 19.1. The van der Waals surface area contributed by atoms with E-state index in [2.05, 4.69) is 10.2 Å². The molecule has 1 aromatic heterocycles. The second-order valence-electron chi connectivity index (χ2n) is 4.38. The van der Waals surface area contributed by atoms with Gasteiger partial charge in [0.25, 0.3) is 0 Å². The summed E-state index contributed by atoms with van der Waals surface area (Å²) in [5.41, 5.74) is 2.61. The molecular formula is C15H11FN2O2. The molecule has 0 fully saturated rings. The number of hydrogen-bond acceptors (Lipinski definition) is 3. The van der Waals surface area contributed by atoms with Crippen molar-refractivity contribution in [3.8, 4) is 34.0 Å². The van der Waals surface area contributed by atoms with E-state index < -0.39 is 0 Å². The van der Waals surface area contributed by atoms with Crippen LogP contribution in [0, 0.1) is 5.82 Å². The summed E-state index contributed by atoms with van der Waals surface area (Å²) in [5.74, 6) is -0.714. The van der Waals surface area contributed by atoms with Crippen LogP contribution in [0.1, 0.15) is 0 Å². The van der Waals surface area contributed by atoms with E-state index in [1.807, 2.05) is 0 Å². The molecule has 4 nitrogen and oxygen atoms in total. The summed E-state index contributed by atoms with van der Waals surface area (Å²) in [7, 11) is 0. The number of phenols is 2. The first-order chi connectivity index (χ1) is 9.63. The van der Waals surface area contributed by atoms with Gasteiger partial charge in [0, 0.05) is 11.1 Å². The maximum Gasteiger partial charge on any atom is 0.158 e. The Morgan fingerprint density at radius 2 is 1.75 bits per heavy atom. The van der Waals surface area contributed by atoms with E-state index in [-0.39, 0.29) is 17.3 Å². The minimum Gasteiger partial charge on any atom is -0.504 e. The molecule has 0 amide bonds. The molecule has 0 aliphatic rings. The number of aromatic nitrogens is 2. The highest BCUT2D eigenvalue weighted by molar-refractivity contribution is 5.69. The molecule has 0 saturated heterocycles. The zero-order valence-electron chi connectivity index (χ0n) is 10.3. The van der Waals surface area contributed by atoms with Crippen LogP contribution in [0.4, 0.5) is 4.39 Å². The number of nitrogens with zero attached hydrogens (tertiary/aromatic N) is 1. The number of nitrogens with one attached hydrogen (secondary N) is 1. The lowest BCUT2D eigenvalue weighted by Gasteiger charge is -1.99. The molecule has 5 heteroatoms. The number of phenolic OH excluding ortho intramolecular Hbond substituents is 2. The van der Waals surface area contributed by atoms with E-state index in [9.17, 15) is 14.6 Å². The largest absolute Gasteiger partial charge is 0.504 e. The number of aromatic hydroxyl groups is 2. The Kier molecular flexibility index (Phi) is 2.87. The normalized spacial score (nSPS) is 10.7. The Hall–Kier alpha value is -2.82. The minimum absolute atomic E-state index is 0.186. The van der Waals surface area contributed by atoms with Crippen LogP contribution in [-0.4, -0.2) is 20.4 Å². The van der Waals surface area contributed by atoms with Gasteiger partial charge in [-0.15, -0.1) is 0 Å². The van der Waals surface area contributed by atoms with E-state index in [1.165, 1.54) is 24.3 Å². The monoisotopic (exact) mass is 270 g/mol. The van der Waals surface area contributed by atoms with Crippen LogP contribution in [0.2, 0.25) is 0 Å². The van der Waals surface area contributed by atoms with Gasteiger partial charge in [0.1, 0.15) is 5.82 Å². The van der Waals surface area contributed by atoms with Gasteiger partial charge in [-0.25, -0.2) is 4.39 Å². The summed E-state index contributed by atoms with van der Waals surface area (Å²) in [6.45, 7) is 0. The molecule has 3 rings (SSSR count). The Balaban J connectivity index is 1.99. The number of hydrogen-bond donors (Lipinski definition) is 3. The smallest absolute Gasteiger partial charge is 0.158 e. The van der Waals surface area contributed by atoms with Crippen LogP contribution in [0.3, 0.4) is 0 Å². The molecule has 0 unspecified atom stereocenters. The van der Waals surface area contributed by atoms with Crippen molar-refractivity contribution in [1.82, 2.24) is 10.2 Å². The zero-order chi connectivity index (χ0) is 14.1. The maximum absolute atomic E-state index is 13.2. The topological polar surface area (TPSA) is 69.1 Å². The van der Waals surface area contributed by atoms with Crippen molar-refractivity contribution in [2.24, 2.45) is 0 Å². The second-order valence-corrected chi connectivity index (χ2v) is 4.38. The maximum atomic E-state index is 13.2. The lowest BCUT2D eigenvalue weighted by Crippen LogP contribution is -1.79. The van der Waals surface area contributed by atoms with Crippen molar-refractivity contribution in [3.63, 3.8) is 0 Å². The second kappa shape index (κ2) is 4.70. The average molecular weight is 270 g/mol. The number of benzene rings is 2. The van der Waals surface area contributed by atoms with Crippen LogP contribution in [0.25, 0.3) is 22.5 Å². The van der Waals surface area contributed by atoms with Gasteiger partial charge in [-0.05, 0) is 36.4 Å². The number of halogens is 1. The third kappa shape index (κ3) is 2.21. The fourth-order valence-electron chi connectivity index (χ4n) is 1.96. The van der Waals surface area contributed by atoms with E-state index in [1.54, 1.807) is 24.3 Å². The zero-order valence-corrected chi connectivity index (χ0v) is 10.3. The molecule has 0 aliphatic carbocycles. The lowest BCUT2D eigenvalue weighted by molar-refractivity contribution is 0.404. The quantitative estimate of drug-likeness (QED) is 0.626. The van der Waals surface area contributed by atoms with Crippen molar-refractivity contribution in [2.75, 3.05) is 0 Å². The molecule has 1 heterocycles. The predicted octanol–water partition coefficient (Wildman–Crippen LogP) is 3.29. The molecule has 3 aromatic rings. The molecule has 2 aromatic carbocycles. The fraction of sp³-hybridized carbons (Fsp3) is 0. The van der Waals surface area contributed by atoms with Gasteiger partial charge < -0.3 is 10.2 Å². The van der Waals surface area contributed by atoms with E-state index in [4.69, 9.17) is 0 Å². The summed E-state index contributed by atoms with van der Waals surface area (Å²) in [6.07, 6.45) is 0. The third-order valence-electron chi connectivity index (χ3n) is 2.98. The third-order valence-corrected chi connectivity index (χ3v) is 2.98. The Morgan fingerprint density at radius 1 is 0.900 bits per heavy atom. The van der Waals surface area contributed by atoms with Gasteiger partial charge in [0.05, 0.1) is 11.4 Å². The SMILES string of the molecule is Oc1ccc(-c2cc(-c3cccc(F)c3)[nH]n2)cc1O. The first kappa shape index (κ1) is 12.2. The number of aromatic amines is 1. The van der Waals surface area contributed by atoms with Crippen molar-refractivity contribution < 1.29 is 14.6 Å². The minimum atomic E-state index is -0.319. The molecule has 0 radical (unpaired) electrons. The summed E-state index contributed by atoms with van der Waals surface area (Å²) < 4.78 is 13.2.